The van der Waals surface area contributed by atoms with Gasteiger partial charge in [-0.15, -0.1) is 0 Å². The first kappa shape index (κ1) is 41.0. The summed E-state index contributed by atoms with van der Waals surface area (Å²) in [6.07, 6.45) is -5.47. The minimum Gasteiger partial charge on any atom is -0.497 e. The van der Waals surface area contributed by atoms with Crippen LogP contribution in [0.4, 0.5) is 8.78 Å². The van der Waals surface area contributed by atoms with Crippen LogP contribution in [0.5, 0.6) is 11.5 Å². The van der Waals surface area contributed by atoms with E-state index in [9.17, 15) is 5.11 Å². The molecule has 300 valence electrons. The van der Waals surface area contributed by atoms with Crippen LogP contribution in [0.1, 0.15) is 38.9 Å². The van der Waals surface area contributed by atoms with Crippen molar-refractivity contribution in [1.29, 1.82) is 0 Å². The quantitative estimate of drug-likeness (QED) is 0.0984. The molecular weight excluding hydrogens is 762 g/mol. The fraction of sp³-hybridized carbons (Fsp3) is 0.250. The van der Waals surface area contributed by atoms with E-state index in [0.717, 1.165) is 16.7 Å². The Bertz CT molecular complexity index is 2180. The second-order valence-electron chi connectivity index (χ2n) is 14.2. The third-order valence-corrected chi connectivity index (χ3v) is 10.4. The molecule has 0 bridgehead atoms. The normalized spacial score (nSPS) is 20.1. The molecule has 0 aromatic heterocycles. The Balaban J connectivity index is 1.34. The van der Waals surface area contributed by atoms with Gasteiger partial charge in [-0.05, 0) is 64.1 Å². The molecule has 10 heteroatoms. The molecule has 1 aliphatic rings. The highest BCUT2D eigenvalue weighted by Crippen LogP contribution is 2.50. The molecular formula is C48H45ClF2O7. The van der Waals surface area contributed by atoms with Crippen molar-refractivity contribution in [2.45, 2.75) is 62.9 Å². The predicted octanol–water partition coefficient (Wildman–Crippen LogP) is 10.1. The van der Waals surface area contributed by atoms with Crippen LogP contribution in [-0.2, 0) is 57.6 Å². The van der Waals surface area contributed by atoms with Gasteiger partial charge in [-0.25, -0.2) is 8.78 Å². The van der Waals surface area contributed by atoms with Crippen molar-refractivity contribution >= 4 is 11.6 Å². The SMILES string of the molecule is COc1ccc(Cc2cc(C3(O)O[C@H](COCc4ccccc4)C(F)(F)[C@H](OCc4ccccc4)[C@H]3OCc3ccccc3)c(OCc3ccccc3)cc2Cl)cc1. The molecule has 6 aromatic carbocycles. The molecule has 0 amide bonds. The van der Waals surface area contributed by atoms with Gasteiger partial charge in [0, 0.05) is 5.02 Å². The summed E-state index contributed by atoms with van der Waals surface area (Å²) in [6.45, 7) is -0.785. The third-order valence-electron chi connectivity index (χ3n) is 10.0. The van der Waals surface area contributed by atoms with E-state index in [2.05, 4.69) is 0 Å². The number of halogens is 3. The highest BCUT2D eigenvalue weighted by molar-refractivity contribution is 6.31. The molecule has 4 atom stereocenters. The lowest BCUT2D eigenvalue weighted by atomic mass is 9.85. The standard InChI is InChI=1S/C48H45ClF2O7/c1-53-40-24-22-34(23-25-40)26-39-27-41(43(28-42(39)49)55-30-36-16-8-3-9-17-36)48(52)46(57-32-38-20-12-5-13-21-38)45(56-31-37-18-10-4-11-19-37)47(50,51)44(58-48)33-54-29-35-14-6-2-7-15-35/h2-25,27-28,44-46,52H,26,29-33H2,1H3/t44-,45-,46-,48?/m1/s1. The van der Waals surface area contributed by atoms with Gasteiger partial charge < -0.3 is 33.5 Å². The first-order chi connectivity index (χ1) is 28.2. The minimum atomic E-state index is -3.72. The van der Waals surface area contributed by atoms with Crippen molar-refractivity contribution < 1.29 is 42.3 Å². The van der Waals surface area contributed by atoms with Gasteiger partial charge in [-0.2, -0.15) is 0 Å². The summed E-state index contributed by atoms with van der Waals surface area (Å²) in [5, 5.41) is 13.6. The van der Waals surface area contributed by atoms with Gasteiger partial charge in [0.15, 0.2) is 12.2 Å². The molecule has 6 aromatic rings. The van der Waals surface area contributed by atoms with Crippen molar-refractivity contribution in [3.8, 4) is 11.5 Å². The van der Waals surface area contributed by atoms with E-state index in [4.69, 9.17) is 40.0 Å². The van der Waals surface area contributed by atoms with Crippen LogP contribution in [0.25, 0.3) is 0 Å². The van der Waals surface area contributed by atoms with Crippen molar-refractivity contribution in [2.24, 2.45) is 0 Å². The number of alkyl halides is 2. The molecule has 0 aliphatic carbocycles. The summed E-state index contributed by atoms with van der Waals surface area (Å²) in [6, 6.07) is 47.5. The molecule has 1 unspecified atom stereocenters. The zero-order valence-electron chi connectivity index (χ0n) is 32.0. The maximum absolute atomic E-state index is 17.2. The molecule has 1 N–H and O–H groups in total. The summed E-state index contributed by atoms with van der Waals surface area (Å²) >= 11 is 6.98. The number of ether oxygens (including phenoxy) is 6. The Morgan fingerprint density at radius 2 is 1.12 bits per heavy atom. The number of hydrogen-bond donors (Lipinski definition) is 1. The molecule has 7 nitrogen and oxygen atoms in total. The average Bonchev–Trinajstić information content (AvgIpc) is 3.25. The highest BCUT2D eigenvalue weighted by Gasteiger charge is 2.66. The van der Waals surface area contributed by atoms with E-state index in [1.54, 1.807) is 43.5 Å². The molecule has 0 radical (unpaired) electrons. The van der Waals surface area contributed by atoms with Crippen LogP contribution in [0.2, 0.25) is 5.02 Å². The van der Waals surface area contributed by atoms with Crippen LogP contribution >= 0.6 is 11.6 Å². The Hall–Kier alpha value is -5.13. The first-order valence-corrected chi connectivity index (χ1v) is 19.4. The van der Waals surface area contributed by atoms with E-state index in [0.29, 0.717) is 33.9 Å². The Kier molecular flexibility index (Phi) is 13.5. The van der Waals surface area contributed by atoms with Gasteiger partial charge in [0.05, 0.1) is 39.1 Å². The first-order valence-electron chi connectivity index (χ1n) is 19.1. The summed E-state index contributed by atoms with van der Waals surface area (Å²) in [5.41, 5.74) is 4.50. The van der Waals surface area contributed by atoms with Gasteiger partial charge in [-0.1, -0.05) is 145 Å². The molecule has 1 heterocycles. The average molecular weight is 807 g/mol. The zero-order valence-corrected chi connectivity index (χ0v) is 32.8. The molecule has 7 rings (SSSR count). The second kappa shape index (κ2) is 19.1. The van der Waals surface area contributed by atoms with Crippen LogP contribution in [0.15, 0.2) is 158 Å². The number of benzene rings is 6. The fourth-order valence-corrected chi connectivity index (χ4v) is 7.15. The van der Waals surface area contributed by atoms with Crippen molar-refractivity contribution in [1.82, 2.24) is 0 Å². The maximum atomic E-state index is 17.2. The highest BCUT2D eigenvalue weighted by atomic mass is 35.5. The molecule has 58 heavy (non-hydrogen) atoms. The van der Waals surface area contributed by atoms with Crippen LogP contribution in [0.3, 0.4) is 0 Å². The van der Waals surface area contributed by atoms with E-state index >= 15 is 8.78 Å². The lowest BCUT2D eigenvalue weighted by molar-refractivity contribution is -0.406. The van der Waals surface area contributed by atoms with E-state index in [-0.39, 0.29) is 37.7 Å². The maximum Gasteiger partial charge on any atom is 0.304 e. The van der Waals surface area contributed by atoms with Gasteiger partial charge in [0.2, 0.25) is 5.79 Å². The van der Waals surface area contributed by atoms with Gasteiger partial charge >= 0.3 is 5.92 Å². The van der Waals surface area contributed by atoms with E-state index in [1.165, 1.54) is 0 Å². The monoisotopic (exact) mass is 806 g/mol. The number of methoxy groups -OCH3 is 1. The molecule has 1 fully saturated rings. The largest absolute Gasteiger partial charge is 0.497 e. The topological polar surface area (TPSA) is 75.6 Å². The van der Waals surface area contributed by atoms with Crippen LogP contribution in [0, 0.1) is 0 Å². The number of hydrogen-bond acceptors (Lipinski definition) is 7. The minimum absolute atomic E-state index is 0.0388. The lowest BCUT2D eigenvalue weighted by Crippen LogP contribution is -2.68. The summed E-state index contributed by atoms with van der Waals surface area (Å²) < 4.78 is 70.9. The van der Waals surface area contributed by atoms with Crippen LogP contribution in [-0.4, -0.2) is 43.1 Å². The molecule has 1 aliphatic heterocycles. The van der Waals surface area contributed by atoms with Gasteiger partial charge in [-0.3, -0.25) is 0 Å². The summed E-state index contributed by atoms with van der Waals surface area (Å²) in [7, 11) is 1.59. The van der Waals surface area contributed by atoms with E-state index < -0.39 is 36.6 Å². The fourth-order valence-electron chi connectivity index (χ4n) is 6.93. The lowest BCUT2D eigenvalue weighted by Gasteiger charge is -2.50. The Morgan fingerprint density at radius 3 is 1.66 bits per heavy atom. The summed E-state index contributed by atoms with van der Waals surface area (Å²) in [5.74, 6) is -5.49. The van der Waals surface area contributed by atoms with Crippen molar-refractivity contribution in [3.05, 3.63) is 202 Å². The Labute approximate surface area is 342 Å². The second-order valence-corrected chi connectivity index (χ2v) is 14.6. The third kappa shape index (κ3) is 9.93. The van der Waals surface area contributed by atoms with Crippen LogP contribution < -0.4 is 9.47 Å². The van der Waals surface area contributed by atoms with E-state index in [1.807, 2.05) is 121 Å². The molecule has 0 spiro atoms. The summed E-state index contributed by atoms with van der Waals surface area (Å²) in [4.78, 5) is 0. The number of rotatable bonds is 17. The molecule has 0 saturated carbocycles. The predicted molar refractivity (Wildman–Crippen MR) is 218 cm³/mol. The number of aliphatic hydroxyl groups is 1. The van der Waals surface area contributed by atoms with Gasteiger partial charge in [0.25, 0.3) is 0 Å². The zero-order chi connectivity index (χ0) is 40.4. The molecule has 1 saturated heterocycles. The van der Waals surface area contributed by atoms with Crippen molar-refractivity contribution in [2.75, 3.05) is 13.7 Å². The Morgan fingerprint density at radius 1 is 0.621 bits per heavy atom. The smallest absolute Gasteiger partial charge is 0.304 e. The van der Waals surface area contributed by atoms with Crippen molar-refractivity contribution in [3.63, 3.8) is 0 Å². The van der Waals surface area contributed by atoms with Gasteiger partial charge in [0.1, 0.15) is 24.2 Å².